The first kappa shape index (κ1) is 30.6. The van der Waals surface area contributed by atoms with Crippen LogP contribution in [0.25, 0.3) is 88.0 Å². The summed E-state index contributed by atoms with van der Waals surface area (Å²) in [5.74, 6) is 0. The summed E-state index contributed by atoms with van der Waals surface area (Å²) in [5, 5.41) is 7.89. The molecule has 56 heavy (non-hydrogen) atoms. The van der Waals surface area contributed by atoms with E-state index >= 15 is 0 Å². The van der Waals surface area contributed by atoms with Gasteiger partial charge >= 0.3 is 0 Å². The number of hydrogen-bond donors (Lipinski definition) is 0. The molecule has 0 aliphatic heterocycles. The minimum atomic E-state index is -0.362. The molecular weight excluding hydrogens is 673 g/mol. The molecule has 0 fully saturated rings. The van der Waals surface area contributed by atoms with Gasteiger partial charge < -0.3 is 0 Å². The summed E-state index contributed by atoms with van der Waals surface area (Å²) in [4.78, 5) is 0. The number of benzene rings is 10. The van der Waals surface area contributed by atoms with E-state index in [1.807, 2.05) is 0 Å². The van der Waals surface area contributed by atoms with E-state index in [2.05, 4.69) is 196 Å². The SMILES string of the molecule is CC1(C)c2ccccc2-c2ccc(-c3ccc4ccc5c(-c6ccc7c(c6)C6(c8ccccc8-c8ccccc86)c6ccccc6-7)ccc6ccc3c4c65)cc21. The van der Waals surface area contributed by atoms with Crippen LogP contribution in [0.15, 0.2) is 182 Å². The Morgan fingerprint density at radius 3 is 1.14 bits per heavy atom. The van der Waals surface area contributed by atoms with E-state index < -0.39 is 0 Å². The molecular formula is C56H36. The highest BCUT2D eigenvalue weighted by molar-refractivity contribution is 6.27. The predicted octanol–water partition coefficient (Wildman–Crippen LogP) is 14.6. The van der Waals surface area contributed by atoms with Crippen molar-refractivity contribution in [3.8, 4) is 55.6 Å². The van der Waals surface area contributed by atoms with Crippen LogP contribution in [0.5, 0.6) is 0 Å². The Kier molecular flexibility index (Phi) is 5.73. The summed E-state index contributed by atoms with van der Waals surface area (Å²) in [6.07, 6.45) is 0. The van der Waals surface area contributed by atoms with Gasteiger partial charge in [0.15, 0.2) is 0 Å². The Balaban J connectivity index is 1.03. The van der Waals surface area contributed by atoms with Crippen LogP contribution in [-0.2, 0) is 10.8 Å². The molecule has 260 valence electrons. The molecule has 0 saturated heterocycles. The first-order chi connectivity index (χ1) is 27.5. The topological polar surface area (TPSA) is 0 Å². The highest BCUT2D eigenvalue weighted by Gasteiger charge is 2.51. The lowest BCUT2D eigenvalue weighted by Gasteiger charge is -2.30. The molecule has 3 aliphatic carbocycles. The second kappa shape index (κ2) is 10.5. The minimum absolute atomic E-state index is 0.0426. The van der Waals surface area contributed by atoms with Crippen LogP contribution < -0.4 is 0 Å². The zero-order chi connectivity index (χ0) is 36.9. The van der Waals surface area contributed by atoms with E-state index in [0.29, 0.717) is 0 Å². The second-order valence-corrected chi connectivity index (χ2v) is 16.7. The molecule has 0 radical (unpaired) electrons. The van der Waals surface area contributed by atoms with Crippen molar-refractivity contribution in [3.63, 3.8) is 0 Å². The molecule has 0 amide bonds. The molecule has 0 heterocycles. The molecule has 0 aromatic heterocycles. The van der Waals surface area contributed by atoms with E-state index in [1.54, 1.807) is 0 Å². The maximum atomic E-state index is 2.52. The summed E-state index contributed by atoms with van der Waals surface area (Å²) in [6, 6.07) is 69.4. The van der Waals surface area contributed by atoms with E-state index in [4.69, 9.17) is 0 Å². The summed E-state index contributed by atoms with van der Waals surface area (Å²) < 4.78 is 0. The van der Waals surface area contributed by atoms with Crippen molar-refractivity contribution in [2.24, 2.45) is 0 Å². The van der Waals surface area contributed by atoms with Crippen LogP contribution in [0.3, 0.4) is 0 Å². The van der Waals surface area contributed by atoms with Gasteiger partial charge in [-0.3, -0.25) is 0 Å². The smallest absolute Gasteiger partial charge is 0.0619 e. The largest absolute Gasteiger partial charge is 0.0725 e. The van der Waals surface area contributed by atoms with Crippen LogP contribution in [-0.4, -0.2) is 0 Å². The summed E-state index contributed by atoms with van der Waals surface area (Å²) in [5.41, 5.74) is 21.1. The first-order valence-corrected chi connectivity index (χ1v) is 19.9. The van der Waals surface area contributed by atoms with Gasteiger partial charge in [-0.25, -0.2) is 0 Å². The molecule has 13 rings (SSSR count). The summed E-state index contributed by atoms with van der Waals surface area (Å²) in [7, 11) is 0. The average molecular weight is 709 g/mol. The summed E-state index contributed by atoms with van der Waals surface area (Å²) >= 11 is 0. The van der Waals surface area contributed by atoms with E-state index in [9.17, 15) is 0 Å². The Labute approximate surface area is 326 Å². The molecule has 0 saturated carbocycles. The first-order valence-electron chi connectivity index (χ1n) is 19.9. The zero-order valence-electron chi connectivity index (χ0n) is 31.3. The third-order valence-corrected chi connectivity index (χ3v) is 13.9. The molecule has 0 unspecified atom stereocenters. The molecule has 10 aromatic carbocycles. The minimum Gasteiger partial charge on any atom is -0.0619 e. The maximum absolute atomic E-state index is 2.52. The molecule has 3 aliphatic rings. The normalized spacial score (nSPS) is 14.9. The molecule has 0 N–H and O–H groups in total. The fraction of sp³-hybridized carbons (Fsp3) is 0.0714. The van der Waals surface area contributed by atoms with Gasteiger partial charge in [-0.15, -0.1) is 0 Å². The van der Waals surface area contributed by atoms with Gasteiger partial charge in [0.2, 0.25) is 0 Å². The molecule has 0 atom stereocenters. The maximum Gasteiger partial charge on any atom is 0.0725 e. The lowest BCUT2D eigenvalue weighted by molar-refractivity contribution is 0.660. The van der Waals surface area contributed by atoms with Gasteiger partial charge in [0, 0.05) is 5.41 Å². The Bertz CT molecular complexity index is 3270. The third kappa shape index (κ3) is 3.61. The number of hydrogen-bond acceptors (Lipinski definition) is 0. The van der Waals surface area contributed by atoms with Crippen LogP contribution in [0, 0.1) is 0 Å². The van der Waals surface area contributed by atoms with Crippen LogP contribution in [0.4, 0.5) is 0 Å². The van der Waals surface area contributed by atoms with Crippen molar-refractivity contribution in [1.29, 1.82) is 0 Å². The predicted molar refractivity (Wildman–Crippen MR) is 235 cm³/mol. The Hall–Kier alpha value is -6.76. The van der Waals surface area contributed by atoms with Crippen molar-refractivity contribution < 1.29 is 0 Å². The lowest BCUT2D eigenvalue weighted by atomic mass is 9.70. The molecule has 10 aromatic rings. The second-order valence-electron chi connectivity index (χ2n) is 16.7. The molecule has 0 nitrogen and oxygen atoms in total. The van der Waals surface area contributed by atoms with Gasteiger partial charge in [-0.1, -0.05) is 184 Å². The van der Waals surface area contributed by atoms with Crippen molar-refractivity contribution in [2.45, 2.75) is 24.7 Å². The van der Waals surface area contributed by atoms with E-state index in [-0.39, 0.29) is 10.8 Å². The van der Waals surface area contributed by atoms with Crippen LogP contribution >= 0.6 is 0 Å². The fourth-order valence-electron chi connectivity index (χ4n) is 11.4. The zero-order valence-corrected chi connectivity index (χ0v) is 31.3. The molecule has 0 heteroatoms. The van der Waals surface area contributed by atoms with Crippen molar-refractivity contribution in [3.05, 3.63) is 215 Å². The van der Waals surface area contributed by atoms with E-state index in [1.165, 1.54) is 121 Å². The number of fused-ring (bicyclic) bond motifs is 13. The average Bonchev–Trinajstić information content (AvgIpc) is 3.81. The van der Waals surface area contributed by atoms with E-state index in [0.717, 1.165) is 0 Å². The van der Waals surface area contributed by atoms with Crippen molar-refractivity contribution in [2.75, 3.05) is 0 Å². The van der Waals surface area contributed by atoms with Gasteiger partial charge in [-0.2, -0.15) is 0 Å². The van der Waals surface area contributed by atoms with Gasteiger partial charge in [0.25, 0.3) is 0 Å². The fourth-order valence-corrected chi connectivity index (χ4v) is 11.4. The lowest BCUT2D eigenvalue weighted by Crippen LogP contribution is -2.25. The number of rotatable bonds is 2. The summed E-state index contributed by atoms with van der Waals surface area (Å²) in [6.45, 7) is 4.74. The quantitative estimate of drug-likeness (QED) is 0.157. The van der Waals surface area contributed by atoms with Crippen LogP contribution in [0.1, 0.15) is 47.2 Å². The monoisotopic (exact) mass is 708 g/mol. The van der Waals surface area contributed by atoms with Crippen LogP contribution in [0.2, 0.25) is 0 Å². The molecule has 1 spiro atoms. The highest BCUT2D eigenvalue weighted by atomic mass is 14.5. The van der Waals surface area contributed by atoms with Crippen molar-refractivity contribution >= 4 is 32.3 Å². The van der Waals surface area contributed by atoms with Gasteiger partial charge in [0.05, 0.1) is 5.41 Å². The Morgan fingerprint density at radius 2 is 0.643 bits per heavy atom. The van der Waals surface area contributed by atoms with Gasteiger partial charge in [0.1, 0.15) is 0 Å². The Morgan fingerprint density at radius 1 is 0.286 bits per heavy atom. The molecule has 0 bridgehead atoms. The van der Waals surface area contributed by atoms with Crippen molar-refractivity contribution in [1.82, 2.24) is 0 Å². The third-order valence-electron chi connectivity index (χ3n) is 13.9. The van der Waals surface area contributed by atoms with Gasteiger partial charge in [-0.05, 0) is 133 Å². The highest BCUT2D eigenvalue weighted by Crippen LogP contribution is 2.63. The standard InChI is InChI=1S/C56H36/c1-55(2)47-15-7-3-11-39(47)43-27-23-35(31-51(43)55)37-25-19-33-22-30-46-38(26-20-34-21-29-45(37)53(33)54(34)46)36-24-28-44-42-14-6-10-18-50(42)56(52(44)32-36)48-16-8-4-12-40(48)41-13-5-9-17-49(41)56/h3-32H,1-2H3.